The highest BCUT2D eigenvalue weighted by atomic mass is 79.9. The number of methoxy groups -OCH3 is 1. The van der Waals surface area contributed by atoms with Gasteiger partial charge in [0.1, 0.15) is 11.3 Å². The number of nitrogens with one attached hydrogen (secondary N) is 1. The molecule has 3 rings (SSSR count). The van der Waals surface area contributed by atoms with Crippen LogP contribution >= 0.6 is 15.9 Å². The predicted molar refractivity (Wildman–Crippen MR) is 94.0 cm³/mol. The Hall–Kier alpha value is -2.32. The fourth-order valence-electron chi connectivity index (χ4n) is 2.18. The van der Waals surface area contributed by atoms with E-state index in [1.807, 2.05) is 0 Å². The van der Waals surface area contributed by atoms with E-state index in [0.717, 1.165) is 0 Å². The lowest BCUT2D eigenvalue weighted by atomic mass is 10.2. The number of benzene rings is 2. The SMILES string of the molecule is COc1ccc(Br)cc1NS(=O)(=O)c1ccc2oc(=O)ccc2c1. The maximum absolute atomic E-state index is 12.6. The Kier molecular flexibility index (Phi) is 4.33. The second kappa shape index (κ2) is 6.29. The minimum atomic E-state index is -3.83. The van der Waals surface area contributed by atoms with Crippen molar-refractivity contribution in [1.29, 1.82) is 0 Å². The van der Waals surface area contributed by atoms with E-state index in [4.69, 9.17) is 9.15 Å². The van der Waals surface area contributed by atoms with Crippen LogP contribution in [0.15, 0.2) is 67.1 Å². The maximum atomic E-state index is 12.6. The molecule has 0 amide bonds. The second-order valence-corrected chi connectivity index (χ2v) is 7.50. The van der Waals surface area contributed by atoms with Gasteiger partial charge in [-0.05, 0) is 42.5 Å². The zero-order chi connectivity index (χ0) is 17.3. The molecule has 0 spiro atoms. The van der Waals surface area contributed by atoms with E-state index in [2.05, 4.69) is 20.7 Å². The number of sulfonamides is 1. The van der Waals surface area contributed by atoms with Crippen LogP contribution in [0.4, 0.5) is 5.69 Å². The molecule has 0 bridgehead atoms. The van der Waals surface area contributed by atoms with Crippen molar-refractivity contribution in [2.45, 2.75) is 4.90 Å². The first-order chi connectivity index (χ1) is 11.4. The Balaban J connectivity index is 2.03. The molecule has 2 aromatic carbocycles. The minimum absolute atomic E-state index is 0.0471. The first-order valence-corrected chi connectivity index (χ1v) is 9.07. The van der Waals surface area contributed by atoms with Crippen molar-refractivity contribution < 1.29 is 17.6 Å². The third kappa shape index (κ3) is 3.29. The van der Waals surface area contributed by atoms with Crippen molar-refractivity contribution in [1.82, 2.24) is 0 Å². The number of fused-ring (bicyclic) bond motifs is 1. The van der Waals surface area contributed by atoms with Crippen LogP contribution in [0.25, 0.3) is 11.0 Å². The number of halogens is 1. The van der Waals surface area contributed by atoms with Crippen LogP contribution in [-0.4, -0.2) is 15.5 Å². The van der Waals surface area contributed by atoms with E-state index in [1.54, 1.807) is 18.2 Å². The Morgan fingerprint density at radius 1 is 1.08 bits per heavy atom. The van der Waals surface area contributed by atoms with Gasteiger partial charge in [0, 0.05) is 15.9 Å². The molecule has 0 aliphatic carbocycles. The summed E-state index contributed by atoms with van der Waals surface area (Å²) < 4.78 is 38.6. The Morgan fingerprint density at radius 3 is 2.62 bits per heavy atom. The van der Waals surface area contributed by atoms with Crippen molar-refractivity contribution >= 4 is 42.6 Å². The lowest BCUT2D eigenvalue weighted by Gasteiger charge is -2.12. The number of rotatable bonds is 4. The second-order valence-electron chi connectivity index (χ2n) is 4.90. The number of ether oxygens (including phenoxy) is 1. The zero-order valence-corrected chi connectivity index (χ0v) is 14.8. The van der Waals surface area contributed by atoms with E-state index >= 15 is 0 Å². The van der Waals surface area contributed by atoms with E-state index in [-0.39, 0.29) is 4.90 Å². The molecule has 124 valence electrons. The summed E-state index contributed by atoms with van der Waals surface area (Å²) in [5.41, 5.74) is 0.142. The normalized spacial score (nSPS) is 11.4. The Labute approximate surface area is 146 Å². The van der Waals surface area contributed by atoms with Crippen LogP contribution in [0.2, 0.25) is 0 Å². The lowest BCUT2D eigenvalue weighted by molar-refractivity contribution is 0.417. The average Bonchev–Trinajstić information content (AvgIpc) is 2.54. The van der Waals surface area contributed by atoms with Crippen molar-refractivity contribution in [3.63, 3.8) is 0 Å². The molecule has 0 aliphatic rings. The summed E-state index contributed by atoms with van der Waals surface area (Å²) in [6.07, 6.45) is 0. The standard InChI is InChI=1S/C16H12BrNO5S/c1-22-15-5-3-11(17)9-13(15)18-24(20,21)12-4-6-14-10(8-12)2-7-16(19)23-14/h2-9,18H,1H3. The summed E-state index contributed by atoms with van der Waals surface area (Å²) in [4.78, 5) is 11.2. The molecule has 0 saturated carbocycles. The molecule has 3 aromatic rings. The van der Waals surface area contributed by atoms with Crippen molar-refractivity contribution in [2.75, 3.05) is 11.8 Å². The fraction of sp³-hybridized carbons (Fsp3) is 0.0625. The molecule has 6 nitrogen and oxygen atoms in total. The quantitative estimate of drug-likeness (QED) is 0.667. The summed E-state index contributed by atoms with van der Waals surface area (Å²) in [7, 11) is -2.38. The van der Waals surface area contributed by atoms with Gasteiger partial charge in [0.25, 0.3) is 10.0 Å². The molecule has 24 heavy (non-hydrogen) atoms. The van der Waals surface area contributed by atoms with E-state index in [1.165, 1.54) is 37.4 Å². The highest BCUT2D eigenvalue weighted by Gasteiger charge is 2.17. The average molecular weight is 410 g/mol. The van der Waals surface area contributed by atoms with Crippen molar-refractivity contribution in [2.24, 2.45) is 0 Å². The molecular formula is C16H12BrNO5S. The van der Waals surface area contributed by atoms with Gasteiger partial charge >= 0.3 is 5.63 Å². The molecule has 0 aliphatic heterocycles. The minimum Gasteiger partial charge on any atom is -0.495 e. The number of hydrogen-bond acceptors (Lipinski definition) is 5. The molecule has 1 heterocycles. The first-order valence-electron chi connectivity index (χ1n) is 6.79. The van der Waals surface area contributed by atoms with Crippen LogP contribution in [0.1, 0.15) is 0 Å². The molecule has 1 N–H and O–H groups in total. The smallest absolute Gasteiger partial charge is 0.336 e. The van der Waals surface area contributed by atoms with Crippen molar-refractivity contribution in [3.05, 3.63) is 63.4 Å². The van der Waals surface area contributed by atoms with Crippen LogP contribution < -0.4 is 15.1 Å². The number of anilines is 1. The largest absolute Gasteiger partial charge is 0.495 e. The molecule has 0 saturated heterocycles. The van der Waals surface area contributed by atoms with Crippen LogP contribution in [0.3, 0.4) is 0 Å². The van der Waals surface area contributed by atoms with Crippen LogP contribution in [0.5, 0.6) is 5.75 Å². The van der Waals surface area contributed by atoms with Gasteiger partial charge < -0.3 is 9.15 Å². The highest BCUT2D eigenvalue weighted by Crippen LogP contribution is 2.30. The molecular weight excluding hydrogens is 398 g/mol. The molecule has 0 unspecified atom stereocenters. The van der Waals surface area contributed by atoms with Gasteiger partial charge in [0.2, 0.25) is 0 Å². The van der Waals surface area contributed by atoms with E-state index < -0.39 is 15.6 Å². The predicted octanol–water partition coefficient (Wildman–Crippen LogP) is 3.36. The van der Waals surface area contributed by atoms with Crippen LogP contribution in [0, 0.1) is 0 Å². The lowest BCUT2D eigenvalue weighted by Crippen LogP contribution is -2.13. The van der Waals surface area contributed by atoms with Crippen molar-refractivity contribution in [3.8, 4) is 5.75 Å². The molecule has 0 atom stereocenters. The topological polar surface area (TPSA) is 85.6 Å². The Bertz CT molecular complexity index is 1080. The maximum Gasteiger partial charge on any atom is 0.336 e. The third-order valence-corrected chi connectivity index (χ3v) is 5.16. The molecule has 0 fully saturated rings. The van der Waals surface area contributed by atoms with Gasteiger partial charge in [0.15, 0.2) is 0 Å². The number of hydrogen-bond donors (Lipinski definition) is 1. The van der Waals surface area contributed by atoms with Gasteiger partial charge in [-0.1, -0.05) is 15.9 Å². The van der Waals surface area contributed by atoms with Gasteiger partial charge in [-0.3, -0.25) is 4.72 Å². The van der Waals surface area contributed by atoms with Gasteiger partial charge in [-0.25, -0.2) is 13.2 Å². The molecule has 0 radical (unpaired) electrons. The molecule has 1 aromatic heterocycles. The monoisotopic (exact) mass is 409 g/mol. The summed E-state index contributed by atoms with van der Waals surface area (Å²) >= 11 is 3.30. The summed E-state index contributed by atoms with van der Waals surface area (Å²) in [6.45, 7) is 0. The van der Waals surface area contributed by atoms with E-state index in [9.17, 15) is 13.2 Å². The third-order valence-electron chi connectivity index (χ3n) is 3.31. The first kappa shape index (κ1) is 16.5. The van der Waals surface area contributed by atoms with Crippen LogP contribution in [-0.2, 0) is 10.0 Å². The van der Waals surface area contributed by atoms with Gasteiger partial charge in [-0.2, -0.15) is 0 Å². The zero-order valence-electron chi connectivity index (χ0n) is 12.4. The van der Waals surface area contributed by atoms with Gasteiger partial charge in [-0.15, -0.1) is 0 Å². The Morgan fingerprint density at radius 2 is 1.88 bits per heavy atom. The summed E-state index contributed by atoms with van der Waals surface area (Å²) in [5.74, 6) is 0.397. The fourth-order valence-corrected chi connectivity index (χ4v) is 3.64. The summed E-state index contributed by atoms with van der Waals surface area (Å²) in [5, 5.41) is 0.513. The van der Waals surface area contributed by atoms with Gasteiger partial charge in [0.05, 0.1) is 17.7 Å². The summed E-state index contributed by atoms with van der Waals surface area (Å²) in [6, 6.07) is 12.0. The highest BCUT2D eigenvalue weighted by molar-refractivity contribution is 9.10. The molecule has 8 heteroatoms. The van der Waals surface area contributed by atoms with E-state index in [0.29, 0.717) is 26.9 Å².